The van der Waals surface area contributed by atoms with Crippen LogP contribution in [0.5, 0.6) is 0 Å². The normalized spacial score (nSPS) is 18.3. The van der Waals surface area contributed by atoms with Gasteiger partial charge >= 0.3 is 16.9 Å². The van der Waals surface area contributed by atoms with Crippen LogP contribution < -0.4 is 11.2 Å². The molecule has 1 aliphatic carbocycles. The Morgan fingerprint density at radius 1 is 0.958 bits per heavy atom. The average Bonchev–Trinajstić information content (AvgIpc) is 3.10. The van der Waals surface area contributed by atoms with Gasteiger partial charge in [0, 0.05) is 38.5 Å². The molecule has 130 valence electrons. The molecule has 2 heterocycles. The third-order valence-electron chi connectivity index (χ3n) is 5.04. The van der Waals surface area contributed by atoms with Gasteiger partial charge in [-0.1, -0.05) is 0 Å². The van der Waals surface area contributed by atoms with Crippen molar-refractivity contribution in [3.05, 3.63) is 42.3 Å². The van der Waals surface area contributed by atoms with Crippen molar-refractivity contribution < 1.29 is 4.92 Å². The zero-order valence-corrected chi connectivity index (χ0v) is 14.1. The van der Waals surface area contributed by atoms with Crippen LogP contribution in [0.4, 0.5) is 5.69 Å². The molecule has 1 aliphatic heterocycles. The summed E-state index contributed by atoms with van der Waals surface area (Å²) in [6, 6.07) is 0. The predicted molar refractivity (Wildman–Crippen MR) is 89.8 cm³/mol. The van der Waals surface area contributed by atoms with Crippen LogP contribution in [0.2, 0.25) is 0 Å². The summed E-state index contributed by atoms with van der Waals surface area (Å²) in [6.07, 6.45) is 5.65. The van der Waals surface area contributed by atoms with Crippen LogP contribution in [-0.4, -0.2) is 32.0 Å². The zero-order valence-electron chi connectivity index (χ0n) is 14.1. The Hall–Kier alpha value is -2.38. The lowest BCUT2D eigenvalue weighted by Crippen LogP contribution is -2.40. The van der Waals surface area contributed by atoms with Crippen molar-refractivity contribution >= 4 is 11.3 Å². The lowest BCUT2D eigenvalue weighted by Gasteiger charge is -2.29. The van der Waals surface area contributed by atoms with E-state index in [-0.39, 0.29) is 5.69 Å². The molecule has 0 saturated carbocycles. The van der Waals surface area contributed by atoms with E-state index in [4.69, 9.17) is 0 Å². The van der Waals surface area contributed by atoms with Crippen LogP contribution in [0.15, 0.2) is 15.3 Å². The van der Waals surface area contributed by atoms with Gasteiger partial charge in [-0.05, 0) is 38.5 Å². The van der Waals surface area contributed by atoms with Gasteiger partial charge in [0.05, 0.1) is 4.92 Å². The molecule has 24 heavy (non-hydrogen) atoms. The van der Waals surface area contributed by atoms with Gasteiger partial charge in [0.1, 0.15) is 5.69 Å². The van der Waals surface area contributed by atoms with Crippen LogP contribution in [0, 0.1) is 10.1 Å². The summed E-state index contributed by atoms with van der Waals surface area (Å²) < 4.78 is 2.07. The lowest BCUT2D eigenvalue weighted by atomic mass is 9.92. The van der Waals surface area contributed by atoms with Gasteiger partial charge in [0.2, 0.25) is 0 Å². The standard InChI is InChI=1S/C16H22N4O4/c1-17-13(14(20(23)24)15(21)18(2)16(17)22)11-7-3-4-8-12(11)19-9-5-6-10-19/h3-10H2,1-2H3. The van der Waals surface area contributed by atoms with E-state index < -0.39 is 21.9 Å². The van der Waals surface area contributed by atoms with Crippen LogP contribution in [0.1, 0.15) is 44.2 Å². The van der Waals surface area contributed by atoms with Crippen molar-refractivity contribution in [3.63, 3.8) is 0 Å². The lowest BCUT2D eigenvalue weighted by molar-refractivity contribution is -0.387. The highest BCUT2D eigenvalue weighted by molar-refractivity contribution is 5.72. The van der Waals surface area contributed by atoms with E-state index in [0.29, 0.717) is 6.42 Å². The number of rotatable bonds is 3. The van der Waals surface area contributed by atoms with Crippen LogP contribution >= 0.6 is 0 Å². The van der Waals surface area contributed by atoms with E-state index in [2.05, 4.69) is 4.90 Å². The van der Waals surface area contributed by atoms with Gasteiger partial charge in [-0.3, -0.25) is 24.0 Å². The molecular weight excluding hydrogens is 312 g/mol. The van der Waals surface area contributed by atoms with Gasteiger partial charge < -0.3 is 4.90 Å². The van der Waals surface area contributed by atoms with E-state index in [9.17, 15) is 19.7 Å². The van der Waals surface area contributed by atoms with E-state index >= 15 is 0 Å². The highest BCUT2D eigenvalue weighted by Gasteiger charge is 2.32. The predicted octanol–water partition coefficient (Wildman–Crippen LogP) is 1.37. The Balaban J connectivity index is 2.32. The minimum absolute atomic E-state index is 0.190. The third kappa shape index (κ3) is 2.55. The fraction of sp³-hybridized carbons (Fsp3) is 0.625. The number of hydrogen-bond donors (Lipinski definition) is 0. The SMILES string of the molecule is Cn1c(C2=C(N3CCCC3)CCCC2)c([N+](=O)[O-])c(=O)n(C)c1=O. The first-order valence-corrected chi connectivity index (χ1v) is 8.35. The Morgan fingerprint density at radius 3 is 2.21 bits per heavy atom. The summed E-state index contributed by atoms with van der Waals surface area (Å²) in [7, 11) is 2.78. The summed E-state index contributed by atoms with van der Waals surface area (Å²) in [5, 5.41) is 11.6. The van der Waals surface area contributed by atoms with E-state index in [1.165, 1.54) is 18.7 Å². The fourth-order valence-corrected chi connectivity index (χ4v) is 3.82. The van der Waals surface area contributed by atoms with Crippen molar-refractivity contribution in [2.75, 3.05) is 13.1 Å². The maximum absolute atomic E-state index is 12.3. The first-order valence-electron chi connectivity index (χ1n) is 8.35. The highest BCUT2D eigenvalue weighted by Crippen LogP contribution is 2.37. The van der Waals surface area contributed by atoms with Crippen LogP contribution in [-0.2, 0) is 14.1 Å². The van der Waals surface area contributed by atoms with E-state index in [0.717, 1.165) is 61.0 Å². The number of likely N-dealkylation sites (tertiary alicyclic amines) is 1. The van der Waals surface area contributed by atoms with Gasteiger partial charge in [-0.2, -0.15) is 0 Å². The number of hydrogen-bond acceptors (Lipinski definition) is 5. The summed E-state index contributed by atoms with van der Waals surface area (Å²) >= 11 is 0. The summed E-state index contributed by atoms with van der Waals surface area (Å²) in [4.78, 5) is 37.9. The Morgan fingerprint density at radius 2 is 1.58 bits per heavy atom. The van der Waals surface area contributed by atoms with Crippen molar-refractivity contribution in [3.8, 4) is 0 Å². The first kappa shape index (κ1) is 16.5. The molecule has 8 heteroatoms. The second-order valence-corrected chi connectivity index (χ2v) is 6.49. The molecule has 1 saturated heterocycles. The number of aromatic nitrogens is 2. The molecule has 0 unspecified atom stereocenters. The van der Waals surface area contributed by atoms with Crippen molar-refractivity contribution in [2.45, 2.75) is 38.5 Å². The minimum Gasteiger partial charge on any atom is -0.375 e. The molecule has 0 N–H and O–H groups in total. The second kappa shape index (κ2) is 6.26. The monoisotopic (exact) mass is 334 g/mol. The van der Waals surface area contributed by atoms with Crippen molar-refractivity contribution in [2.24, 2.45) is 14.1 Å². The number of nitrogens with zero attached hydrogens (tertiary/aromatic N) is 4. The zero-order chi connectivity index (χ0) is 17.4. The maximum Gasteiger partial charge on any atom is 0.358 e. The Bertz CT molecular complexity index is 828. The van der Waals surface area contributed by atoms with Crippen LogP contribution in [0.25, 0.3) is 5.57 Å². The molecule has 1 aromatic heterocycles. The fourth-order valence-electron chi connectivity index (χ4n) is 3.82. The van der Waals surface area contributed by atoms with Gasteiger partial charge in [0.25, 0.3) is 0 Å². The topological polar surface area (TPSA) is 90.4 Å². The molecular formula is C16H22N4O4. The van der Waals surface area contributed by atoms with E-state index in [1.807, 2.05) is 0 Å². The van der Waals surface area contributed by atoms with Crippen molar-refractivity contribution in [1.82, 2.24) is 14.0 Å². The Kier molecular flexibility index (Phi) is 4.29. The molecule has 8 nitrogen and oxygen atoms in total. The number of allylic oxidation sites excluding steroid dienone is 2. The number of nitro groups is 1. The Labute approximate surface area is 139 Å². The minimum atomic E-state index is -0.836. The average molecular weight is 334 g/mol. The van der Waals surface area contributed by atoms with E-state index in [1.54, 1.807) is 0 Å². The molecule has 1 aromatic rings. The molecule has 2 aliphatic rings. The highest BCUT2D eigenvalue weighted by atomic mass is 16.6. The molecule has 3 rings (SSSR count). The molecule has 0 atom stereocenters. The molecule has 0 amide bonds. The summed E-state index contributed by atoms with van der Waals surface area (Å²) in [5.74, 6) is 0. The third-order valence-corrected chi connectivity index (χ3v) is 5.04. The molecule has 1 fully saturated rings. The summed E-state index contributed by atoms with van der Waals surface area (Å²) in [5.41, 5.74) is 0.205. The smallest absolute Gasteiger partial charge is 0.358 e. The van der Waals surface area contributed by atoms with Gasteiger partial charge in [0.15, 0.2) is 0 Å². The van der Waals surface area contributed by atoms with Gasteiger partial charge in [-0.25, -0.2) is 4.79 Å². The second-order valence-electron chi connectivity index (χ2n) is 6.49. The molecule has 0 spiro atoms. The molecule has 0 radical (unpaired) electrons. The summed E-state index contributed by atoms with van der Waals surface area (Å²) in [6.45, 7) is 1.87. The molecule has 0 bridgehead atoms. The molecule has 0 aromatic carbocycles. The van der Waals surface area contributed by atoms with Gasteiger partial charge in [-0.15, -0.1) is 0 Å². The van der Waals surface area contributed by atoms with Crippen molar-refractivity contribution in [1.29, 1.82) is 0 Å². The van der Waals surface area contributed by atoms with Crippen LogP contribution in [0.3, 0.4) is 0 Å². The maximum atomic E-state index is 12.3. The quantitative estimate of drug-likeness (QED) is 0.615. The largest absolute Gasteiger partial charge is 0.375 e. The first-order chi connectivity index (χ1) is 11.4.